The first-order valence-corrected chi connectivity index (χ1v) is 11.7. The van der Waals surface area contributed by atoms with Crippen LogP contribution < -0.4 is 4.73 Å². The number of benzene rings is 2. The van der Waals surface area contributed by atoms with E-state index in [2.05, 4.69) is 0 Å². The van der Waals surface area contributed by atoms with Crippen molar-refractivity contribution in [3.8, 4) is 11.1 Å². The topological polar surface area (TPSA) is 61.1 Å². The summed E-state index contributed by atoms with van der Waals surface area (Å²) in [6.45, 7) is 1.43. The van der Waals surface area contributed by atoms with Gasteiger partial charge in [0.05, 0.1) is 10.6 Å². The zero-order valence-electron chi connectivity index (χ0n) is 19.2. The van der Waals surface area contributed by atoms with E-state index in [1.807, 2.05) is 0 Å². The normalized spacial score (nSPS) is 17.8. The number of hydrogen-bond acceptors (Lipinski definition) is 3. The van der Waals surface area contributed by atoms with Crippen molar-refractivity contribution in [1.29, 1.82) is 0 Å². The van der Waals surface area contributed by atoms with Gasteiger partial charge in [0.2, 0.25) is 5.69 Å². The average Bonchev–Trinajstić information content (AvgIpc) is 3.53. The Morgan fingerprint density at radius 2 is 1.78 bits per heavy atom. The molecule has 0 radical (unpaired) electrons. The number of carbonyl (C=O) groups is 2. The van der Waals surface area contributed by atoms with Gasteiger partial charge in [-0.2, -0.15) is 4.73 Å². The quantitative estimate of drug-likeness (QED) is 0.139. The van der Waals surface area contributed by atoms with Crippen molar-refractivity contribution in [3.63, 3.8) is 0 Å². The van der Waals surface area contributed by atoms with Crippen molar-refractivity contribution in [2.24, 2.45) is 5.92 Å². The molecule has 1 heterocycles. The first-order chi connectivity index (χ1) is 17.1. The van der Waals surface area contributed by atoms with Crippen LogP contribution in [0.4, 0.5) is 17.6 Å². The van der Waals surface area contributed by atoms with Crippen LogP contribution in [-0.4, -0.2) is 17.7 Å². The smallest absolute Gasteiger partial charge is 0.264 e. The summed E-state index contributed by atoms with van der Waals surface area (Å²) in [5, 5.41) is 12.6. The van der Waals surface area contributed by atoms with Crippen LogP contribution in [0.1, 0.15) is 59.3 Å². The Bertz CT molecular complexity index is 1310. The highest BCUT2D eigenvalue weighted by Crippen LogP contribution is 2.42. The largest absolute Gasteiger partial charge is 0.618 e. The summed E-state index contributed by atoms with van der Waals surface area (Å²) in [6.07, 6.45) is -2.78. The number of alkyl halides is 3. The van der Waals surface area contributed by atoms with E-state index >= 15 is 0 Å². The van der Waals surface area contributed by atoms with Crippen LogP contribution in [0, 0.1) is 16.9 Å². The Morgan fingerprint density at radius 1 is 1.11 bits per heavy atom. The summed E-state index contributed by atoms with van der Waals surface area (Å²) >= 11 is 5.78. The van der Waals surface area contributed by atoms with Crippen molar-refractivity contribution in [3.05, 3.63) is 93.2 Å². The number of Topliss-reactive ketones (excluding diaryl/α,β-unsaturated/α-hetero) is 2. The van der Waals surface area contributed by atoms with Crippen LogP contribution in [0.15, 0.2) is 54.7 Å². The molecular formula is C27H22ClF4NO3. The van der Waals surface area contributed by atoms with Gasteiger partial charge < -0.3 is 5.21 Å². The molecule has 4 nitrogen and oxygen atoms in total. The lowest BCUT2D eigenvalue weighted by Crippen LogP contribution is -2.36. The number of ketones is 2. The first-order valence-electron chi connectivity index (χ1n) is 11.3. The third kappa shape index (κ3) is 5.43. The van der Waals surface area contributed by atoms with E-state index in [4.69, 9.17) is 11.6 Å². The fourth-order valence-corrected chi connectivity index (χ4v) is 4.46. The summed E-state index contributed by atoms with van der Waals surface area (Å²) in [5.74, 6) is -2.85. The highest BCUT2D eigenvalue weighted by molar-refractivity contribution is 6.31. The highest BCUT2D eigenvalue weighted by Gasteiger charge is 2.42. The molecular weight excluding hydrogens is 498 g/mol. The molecule has 2 aromatic carbocycles. The van der Waals surface area contributed by atoms with E-state index < -0.39 is 35.5 Å². The Kier molecular flexibility index (Phi) is 7.45. The van der Waals surface area contributed by atoms with Crippen LogP contribution >= 0.6 is 11.6 Å². The molecule has 3 unspecified atom stereocenters. The fraction of sp³-hybridized carbons (Fsp3) is 0.296. The average molecular weight is 520 g/mol. The van der Waals surface area contributed by atoms with Crippen molar-refractivity contribution in [2.45, 2.75) is 44.7 Å². The minimum Gasteiger partial charge on any atom is -0.618 e. The molecule has 188 valence electrons. The number of hydrogen-bond donors (Lipinski definition) is 0. The zero-order chi connectivity index (χ0) is 26.1. The number of aromatic nitrogens is 1. The van der Waals surface area contributed by atoms with Crippen LogP contribution in [0.5, 0.6) is 0 Å². The van der Waals surface area contributed by atoms with Gasteiger partial charge in [-0.15, -0.1) is 0 Å². The molecule has 3 atom stereocenters. The number of nitrogens with zero attached hydrogens (tertiary/aromatic N) is 1. The molecule has 36 heavy (non-hydrogen) atoms. The Morgan fingerprint density at radius 3 is 2.33 bits per heavy atom. The molecule has 1 fully saturated rings. The van der Waals surface area contributed by atoms with Gasteiger partial charge in [0, 0.05) is 29.2 Å². The molecule has 0 N–H and O–H groups in total. The molecule has 0 bridgehead atoms. The minimum atomic E-state index is -3.01. The van der Waals surface area contributed by atoms with E-state index in [9.17, 15) is 32.4 Å². The van der Waals surface area contributed by atoms with Crippen LogP contribution in [0.2, 0.25) is 5.02 Å². The molecule has 3 aromatic rings. The van der Waals surface area contributed by atoms with Crippen molar-refractivity contribution < 1.29 is 31.9 Å². The molecule has 1 aliphatic carbocycles. The van der Waals surface area contributed by atoms with E-state index in [-0.39, 0.29) is 46.6 Å². The summed E-state index contributed by atoms with van der Waals surface area (Å²) in [4.78, 5) is 24.7. The fourth-order valence-electron chi connectivity index (χ4n) is 4.31. The minimum absolute atomic E-state index is 0.0178. The van der Waals surface area contributed by atoms with Crippen molar-refractivity contribution in [2.75, 3.05) is 0 Å². The predicted octanol–water partition coefficient (Wildman–Crippen LogP) is 6.56. The van der Waals surface area contributed by atoms with E-state index in [1.165, 1.54) is 19.1 Å². The first kappa shape index (κ1) is 25.8. The van der Waals surface area contributed by atoms with E-state index in [0.29, 0.717) is 22.3 Å². The molecule has 9 heteroatoms. The second-order valence-corrected chi connectivity index (χ2v) is 9.40. The molecule has 1 aliphatic rings. The molecule has 4 rings (SSSR count). The Labute approximate surface area is 210 Å². The molecule has 0 saturated heterocycles. The number of carbonyl (C=O) groups excluding carboxylic acids is 2. The van der Waals surface area contributed by atoms with Gasteiger partial charge in [0.25, 0.3) is 6.43 Å². The van der Waals surface area contributed by atoms with Gasteiger partial charge in [-0.3, -0.25) is 9.59 Å². The second-order valence-electron chi connectivity index (χ2n) is 8.99. The van der Waals surface area contributed by atoms with Crippen molar-refractivity contribution in [1.82, 2.24) is 0 Å². The van der Waals surface area contributed by atoms with Gasteiger partial charge in [-0.05, 0) is 43.4 Å². The number of halogens is 5. The summed E-state index contributed by atoms with van der Waals surface area (Å²) in [5.41, 5.74) is -0.101. The monoisotopic (exact) mass is 519 g/mol. The number of rotatable bonds is 9. The summed E-state index contributed by atoms with van der Waals surface area (Å²) in [6, 6.07) is 11.1. The lowest BCUT2D eigenvalue weighted by molar-refractivity contribution is -0.614. The maximum Gasteiger partial charge on any atom is 0.264 e. The SMILES string of the molecule is CC(=O)c1ccc(CC(=O)C(CC2CC2F)c2ccc(-c3c(C(F)F)ccc(Cl)c3F)c[n+]2[O-])cc1. The van der Waals surface area contributed by atoms with Gasteiger partial charge in [-0.25, -0.2) is 17.6 Å². The highest BCUT2D eigenvalue weighted by atomic mass is 35.5. The van der Waals surface area contributed by atoms with Gasteiger partial charge in [0.1, 0.15) is 17.9 Å². The van der Waals surface area contributed by atoms with Crippen LogP contribution in [-0.2, 0) is 11.2 Å². The third-order valence-electron chi connectivity index (χ3n) is 6.45. The molecule has 1 aromatic heterocycles. The second kappa shape index (κ2) is 10.4. The van der Waals surface area contributed by atoms with Crippen LogP contribution in [0.25, 0.3) is 11.1 Å². The molecule has 0 spiro atoms. The maximum atomic E-state index is 14.7. The van der Waals surface area contributed by atoms with Gasteiger partial charge in [-0.1, -0.05) is 41.9 Å². The Balaban J connectivity index is 1.67. The van der Waals surface area contributed by atoms with Crippen LogP contribution in [0.3, 0.4) is 0 Å². The lowest BCUT2D eigenvalue weighted by Gasteiger charge is -2.17. The maximum absolute atomic E-state index is 14.7. The molecule has 1 saturated carbocycles. The standard InChI is InChI=1S/C27H22ClF4NO3/c1-14(34)16-4-2-15(3-5-16)10-24(35)20(11-18-12-22(18)29)23-9-6-17(13-33(23)36)25-19(27(31)32)7-8-21(28)26(25)30/h2-9,13,18,20,22,27H,10-12H2,1H3. The van der Waals surface area contributed by atoms with E-state index in [1.54, 1.807) is 24.3 Å². The Hall–Kier alpha value is -3.26. The molecule has 0 aliphatic heterocycles. The predicted molar refractivity (Wildman–Crippen MR) is 126 cm³/mol. The summed E-state index contributed by atoms with van der Waals surface area (Å²) < 4.78 is 55.7. The number of pyridine rings is 1. The summed E-state index contributed by atoms with van der Waals surface area (Å²) in [7, 11) is 0. The van der Waals surface area contributed by atoms with Gasteiger partial charge >= 0.3 is 0 Å². The third-order valence-corrected chi connectivity index (χ3v) is 6.75. The van der Waals surface area contributed by atoms with E-state index in [0.717, 1.165) is 18.3 Å². The van der Waals surface area contributed by atoms with Crippen molar-refractivity contribution >= 4 is 23.2 Å². The van der Waals surface area contributed by atoms with Gasteiger partial charge in [0.15, 0.2) is 17.8 Å². The zero-order valence-corrected chi connectivity index (χ0v) is 19.9. The lowest BCUT2D eigenvalue weighted by atomic mass is 9.89. The molecule has 0 amide bonds.